The Labute approximate surface area is 107 Å². The first-order chi connectivity index (χ1) is 7.86. The Hall–Kier alpha value is -0.0800. The molecule has 0 saturated heterocycles. The second-order valence-electron chi connectivity index (χ2n) is 6.83. The molecule has 1 rings (SSSR count). The standard InChI is InChI=1S/C15H31NO/c1-6-16(10-12(2)3)11-13-8-7-9-15(4,5)14(13)17/h12-14,17H,6-11H2,1-5H3. The summed E-state index contributed by atoms with van der Waals surface area (Å²) in [6.45, 7) is 14.5. The third-order valence-electron chi connectivity index (χ3n) is 4.21. The van der Waals surface area contributed by atoms with E-state index in [1.54, 1.807) is 0 Å². The van der Waals surface area contributed by atoms with Gasteiger partial charge in [-0.05, 0) is 36.6 Å². The molecule has 0 amide bonds. The molecular formula is C15H31NO. The summed E-state index contributed by atoms with van der Waals surface area (Å²) in [6, 6.07) is 0. The maximum atomic E-state index is 10.4. The minimum absolute atomic E-state index is 0.111. The number of aliphatic hydroxyl groups is 1. The van der Waals surface area contributed by atoms with E-state index in [-0.39, 0.29) is 11.5 Å². The van der Waals surface area contributed by atoms with Crippen LogP contribution in [-0.4, -0.2) is 35.7 Å². The lowest BCUT2D eigenvalue weighted by molar-refractivity contribution is -0.0433. The first-order valence-electron chi connectivity index (χ1n) is 7.27. The van der Waals surface area contributed by atoms with Crippen molar-refractivity contribution in [1.82, 2.24) is 4.90 Å². The summed E-state index contributed by atoms with van der Waals surface area (Å²) in [7, 11) is 0. The van der Waals surface area contributed by atoms with Gasteiger partial charge in [0.1, 0.15) is 0 Å². The third-order valence-corrected chi connectivity index (χ3v) is 4.21. The topological polar surface area (TPSA) is 23.5 Å². The Morgan fingerprint density at radius 1 is 1.35 bits per heavy atom. The number of aliphatic hydroxyl groups excluding tert-OH is 1. The van der Waals surface area contributed by atoms with E-state index >= 15 is 0 Å². The second-order valence-corrected chi connectivity index (χ2v) is 6.83. The molecule has 0 aliphatic heterocycles. The van der Waals surface area contributed by atoms with Crippen LogP contribution in [0.1, 0.15) is 53.9 Å². The first kappa shape index (κ1) is 15.0. The van der Waals surface area contributed by atoms with Gasteiger partial charge >= 0.3 is 0 Å². The van der Waals surface area contributed by atoms with E-state index in [9.17, 15) is 5.11 Å². The van der Waals surface area contributed by atoms with Crippen LogP contribution < -0.4 is 0 Å². The number of hydrogen-bond acceptors (Lipinski definition) is 2. The maximum absolute atomic E-state index is 10.4. The third kappa shape index (κ3) is 4.26. The first-order valence-corrected chi connectivity index (χ1v) is 7.27. The van der Waals surface area contributed by atoms with Crippen molar-refractivity contribution in [3.63, 3.8) is 0 Å². The van der Waals surface area contributed by atoms with Gasteiger partial charge in [0, 0.05) is 13.1 Å². The molecule has 0 heterocycles. The molecule has 0 radical (unpaired) electrons. The number of rotatable bonds is 5. The molecule has 2 heteroatoms. The van der Waals surface area contributed by atoms with Crippen molar-refractivity contribution in [1.29, 1.82) is 0 Å². The zero-order valence-corrected chi connectivity index (χ0v) is 12.4. The quantitative estimate of drug-likeness (QED) is 0.799. The Balaban J connectivity index is 2.54. The van der Waals surface area contributed by atoms with Gasteiger partial charge in [0.25, 0.3) is 0 Å². The fourth-order valence-electron chi connectivity index (χ4n) is 3.14. The molecule has 2 atom stereocenters. The van der Waals surface area contributed by atoms with Gasteiger partial charge in [0.2, 0.25) is 0 Å². The molecule has 0 aromatic carbocycles. The summed E-state index contributed by atoms with van der Waals surface area (Å²) in [5.74, 6) is 1.18. The van der Waals surface area contributed by atoms with Crippen molar-refractivity contribution in [3.05, 3.63) is 0 Å². The zero-order chi connectivity index (χ0) is 13.1. The summed E-state index contributed by atoms with van der Waals surface area (Å²) >= 11 is 0. The second kappa shape index (κ2) is 6.19. The van der Waals surface area contributed by atoms with Crippen LogP contribution in [-0.2, 0) is 0 Å². The lowest BCUT2D eigenvalue weighted by Gasteiger charge is -2.42. The van der Waals surface area contributed by atoms with E-state index in [1.165, 1.54) is 19.3 Å². The summed E-state index contributed by atoms with van der Waals surface area (Å²) < 4.78 is 0. The van der Waals surface area contributed by atoms with Crippen molar-refractivity contribution in [2.75, 3.05) is 19.6 Å². The molecule has 102 valence electrons. The van der Waals surface area contributed by atoms with Crippen LogP contribution in [0, 0.1) is 17.3 Å². The van der Waals surface area contributed by atoms with Crippen LogP contribution in [0.4, 0.5) is 0 Å². The van der Waals surface area contributed by atoms with E-state index in [1.807, 2.05) is 0 Å². The molecule has 2 unspecified atom stereocenters. The lowest BCUT2D eigenvalue weighted by atomic mass is 9.69. The summed E-state index contributed by atoms with van der Waals surface area (Å²) in [4.78, 5) is 2.50. The molecule has 0 aromatic rings. The highest BCUT2D eigenvalue weighted by Gasteiger charge is 2.38. The molecule has 17 heavy (non-hydrogen) atoms. The van der Waals surface area contributed by atoms with Crippen LogP contribution >= 0.6 is 0 Å². The molecule has 1 fully saturated rings. The van der Waals surface area contributed by atoms with Crippen molar-refractivity contribution < 1.29 is 5.11 Å². The van der Waals surface area contributed by atoms with Crippen molar-refractivity contribution in [3.8, 4) is 0 Å². The number of hydrogen-bond donors (Lipinski definition) is 1. The van der Waals surface area contributed by atoms with Gasteiger partial charge in [-0.3, -0.25) is 0 Å². The van der Waals surface area contributed by atoms with Gasteiger partial charge in [-0.15, -0.1) is 0 Å². The van der Waals surface area contributed by atoms with Gasteiger partial charge in [-0.1, -0.05) is 41.0 Å². The molecule has 0 spiro atoms. The van der Waals surface area contributed by atoms with Crippen LogP contribution in [0.2, 0.25) is 0 Å². The monoisotopic (exact) mass is 241 g/mol. The largest absolute Gasteiger partial charge is 0.392 e. The molecule has 1 aliphatic carbocycles. The van der Waals surface area contributed by atoms with E-state index in [0.717, 1.165) is 19.6 Å². The smallest absolute Gasteiger partial charge is 0.0631 e. The van der Waals surface area contributed by atoms with Gasteiger partial charge in [0.15, 0.2) is 0 Å². The molecule has 1 N–H and O–H groups in total. The Kier molecular flexibility index (Phi) is 5.46. The van der Waals surface area contributed by atoms with Crippen molar-refractivity contribution in [2.45, 2.75) is 60.0 Å². The highest BCUT2D eigenvalue weighted by atomic mass is 16.3. The van der Waals surface area contributed by atoms with E-state index in [0.29, 0.717) is 11.8 Å². The Morgan fingerprint density at radius 2 is 2.00 bits per heavy atom. The SMILES string of the molecule is CCN(CC(C)C)CC1CCCC(C)(C)C1O. The van der Waals surface area contributed by atoms with Crippen LogP contribution in [0.15, 0.2) is 0 Å². The maximum Gasteiger partial charge on any atom is 0.0631 e. The Morgan fingerprint density at radius 3 is 2.53 bits per heavy atom. The normalized spacial score (nSPS) is 28.9. The zero-order valence-electron chi connectivity index (χ0n) is 12.4. The molecule has 1 saturated carbocycles. The lowest BCUT2D eigenvalue weighted by Crippen LogP contribution is -2.45. The molecular weight excluding hydrogens is 210 g/mol. The van der Waals surface area contributed by atoms with Crippen LogP contribution in [0.3, 0.4) is 0 Å². The van der Waals surface area contributed by atoms with Crippen molar-refractivity contribution >= 4 is 0 Å². The van der Waals surface area contributed by atoms with Crippen LogP contribution in [0.25, 0.3) is 0 Å². The minimum atomic E-state index is -0.127. The highest BCUT2D eigenvalue weighted by molar-refractivity contribution is 4.89. The predicted molar refractivity (Wildman–Crippen MR) is 74.1 cm³/mol. The molecule has 1 aliphatic rings. The average Bonchev–Trinajstić information content (AvgIpc) is 2.23. The Bertz CT molecular complexity index is 225. The summed E-state index contributed by atoms with van der Waals surface area (Å²) in [5.41, 5.74) is 0.111. The average molecular weight is 241 g/mol. The fourth-order valence-corrected chi connectivity index (χ4v) is 3.14. The van der Waals surface area contributed by atoms with Gasteiger partial charge in [-0.2, -0.15) is 0 Å². The molecule has 0 aromatic heterocycles. The van der Waals surface area contributed by atoms with Gasteiger partial charge < -0.3 is 10.0 Å². The highest BCUT2D eigenvalue weighted by Crippen LogP contribution is 2.39. The van der Waals surface area contributed by atoms with Gasteiger partial charge in [0.05, 0.1) is 6.10 Å². The summed E-state index contributed by atoms with van der Waals surface area (Å²) in [5, 5.41) is 10.4. The fraction of sp³-hybridized carbons (Fsp3) is 1.00. The molecule has 0 bridgehead atoms. The van der Waals surface area contributed by atoms with Crippen LogP contribution in [0.5, 0.6) is 0 Å². The predicted octanol–water partition coefficient (Wildman–Crippen LogP) is 3.15. The summed E-state index contributed by atoms with van der Waals surface area (Å²) in [6.07, 6.45) is 3.51. The number of nitrogens with zero attached hydrogens (tertiary/aromatic N) is 1. The van der Waals surface area contributed by atoms with Crippen molar-refractivity contribution in [2.24, 2.45) is 17.3 Å². The van der Waals surface area contributed by atoms with E-state index in [4.69, 9.17) is 0 Å². The minimum Gasteiger partial charge on any atom is -0.392 e. The van der Waals surface area contributed by atoms with Gasteiger partial charge in [-0.25, -0.2) is 0 Å². The molecule has 2 nitrogen and oxygen atoms in total. The van der Waals surface area contributed by atoms with E-state index < -0.39 is 0 Å². The van der Waals surface area contributed by atoms with E-state index in [2.05, 4.69) is 39.5 Å².